The van der Waals surface area contributed by atoms with Gasteiger partial charge in [-0.2, -0.15) is 0 Å². The summed E-state index contributed by atoms with van der Waals surface area (Å²) in [5.74, 6) is 0.145. The molecule has 0 radical (unpaired) electrons. The van der Waals surface area contributed by atoms with E-state index in [1.807, 2.05) is 18.3 Å². The third-order valence-electron chi connectivity index (χ3n) is 4.66. The molecule has 138 valence electrons. The van der Waals surface area contributed by atoms with Gasteiger partial charge < -0.3 is 15.0 Å². The number of hydrogen-bond acceptors (Lipinski definition) is 4. The molecule has 0 bridgehead atoms. The predicted molar refractivity (Wildman–Crippen MR) is 96.1 cm³/mol. The Hall–Kier alpha value is -2.11. The fraction of sp³-hybridized carbons (Fsp3) is 0.632. The van der Waals surface area contributed by atoms with Crippen molar-refractivity contribution in [3.8, 4) is 0 Å². The summed E-state index contributed by atoms with van der Waals surface area (Å²) >= 11 is 0. The van der Waals surface area contributed by atoms with Crippen LogP contribution in [0.3, 0.4) is 0 Å². The van der Waals surface area contributed by atoms with E-state index in [9.17, 15) is 9.59 Å². The number of hydrogen-bond donors (Lipinski definition) is 1. The number of aryl methyl sites for hydroxylation is 1. The molecule has 2 amide bonds. The third-order valence-corrected chi connectivity index (χ3v) is 4.66. The molecule has 0 saturated carbocycles. The normalized spacial score (nSPS) is 18.0. The van der Waals surface area contributed by atoms with Crippen LogP contribution in [0.25, 0.3) is 0 Å². The van der Waals surface area contributed by atoms with E-state index in [0.717, 1.165) is 31.2 Å². The predicted octanol–water partition coefficient (Wildman–Crippen LogP) is 2.78. The first-order valence-electron chi connectivity index (χ1n) is 9.21. The lowest BCUT2D eigenvalue weighted by atomic mass is 10.1. The van der Waals surface area contributed by atoms with Gasteiger partial charge in [0.1, 0.15) is 6.04 Å². The fourth-order valence-electron chi connectivity index (χ4n) is 2.85. The Balaban J connectivity index is 1.73. The number of nitrogens with zero attached hydrogens (tertiary/aromatic N) is 2. The minimum absolute atomic E-state index is 0.157. The molecule has 2 unspecified atom stereocenters. The molecule has 2 rings (SSSR count). The molecule has 2 heterocycles. The van der Waals surface area contributed by atoms with Crippen molar-refractivity contribution in [3.05, 3.63) is 30.1 Å². The van der Waals surface area contributed by atoms with Gasteiger partial charge in [0.05, 0.1) is 6.61 Å². The highest BCUT2D eigenvalue weighted by molar-refractivity contribution is 5.84. The van der Waals surface area contributed by atoms with Crippen molar-refractivity contribution >= 4 is 12.0 Å². The molecule has 1 aliphatic heterocycles. The average Bonchev–Trinajstić information content (AvgIpc) is 3.13. The third kappa shape index (κ3) is 6.03. The molecule has 6 heteroatoms. The quantitative estimate of drug-likeness (QED) is 0.580. The zero-order valence-electron chi connectivity index (χ0n) is 15.2. The molecule has 6 nitrogen and oxygen atoms in total. The molecule has 1 aromatic rings. The SMILES string of the molecule is CCC(C)CNC(=O)N1CCCC1C(=O)OCCCc1cccnc1. The molecule has 1 aromatic heterocycles. The lowest BCUT2D eigenvalue weighted by molar-refractivity contribution is -0.148. The first kappa shape index (κ1) is 19.2. The Morgan fingerprint density at radius 2 is 2.32 bits per heavy atom. The largest absolute Gasteiger partial charge is 0.464 e. The van der Waals surface area contributed by atoms with E-state index in [1.165, 1.54) is 0 Å². The van der Waals surface area contributed by atoms with E-state index in [0.29, 0.717) is 32.0 Å². The monoisotopic (exact) mass is 347 g/mol. The maximum atomic E-state index is 12.3. The lowest BCUT2D eigenvalue weighted by Gasteiger charge is -2.24. The summed E-state index contributed by atoms with van der Waals surface area (Å²) in [6.07, 6.45) is 7.68. The smallest absolute Gasteiger partial charge is 0.328 e. The second kappa shape index (κ2) is 10.0. The molecule has 1 fully saturated rings. The van der Waals surface area contributed by atoms with Crippen LogP contribution in [0.15, 0.2) is 24.5 Å². The number of aromatic nitrogens is 1. The minimum atomic E-state index is -0.449. The van der Waals surface area contributed by atoms with Crippen LogP contribution in [0.5, 0.6) is 0 Å². The van der Waals surface area contributed by atoms with Crippen molar-refractivity contribution in [2.75, 3.05) is 19.7 Å². The Labute approximate surface area is 150 Å². The van der Waals surface area contributed by atoms with Gasteiger partial charge in [0.15, 0.2) is 0 Å². The van der Waals surface area contributed by atoms with Gasteiger partial charge >= 0.3 is 12.0 Å². The van der Waals surface area contributed by atoms with Crippen molar-refractivity contribution in [1.29, 1.82) is 0 Å². The Morgan fingerprint density at radius 1 is 1.48 bits per heavy atom. The van der Waals surface area contributed by atoms with E-state index >= 15 is 0 Å². The highest BCUT2D eigenvalue weighted by Gasteiger charge is 2.35. The highest BCUT2D eigenvalue weighted by Crippen LogP contribution is 2.19. The van der Waals surface area contributed by atoms with E-state index < -0.39 is 6.04 Å². The fourth-order valence-corrected chi connectivity index (χ4v) is 2.85. The van der Waals surface area contributed by atoms with Crippen molar-refractivity contribution in [3.63, 3.8) is 0 Å². The molecule has 0 aromatic carbocycles. The number of pyridine rings is 1. The summed E-state index contributed by atoms with van der Waals surface area (Å²) < 4.78 is 5.39. The molecule has 1 aliphatic rings. The van der Waals surface area contributed by atoms with Crippen molar-refractivity contribution in [1.82, 2.24) is 15.2 Å². The summed E-state index contributed by atoms with van der Waals surface area (Å²) in [4.78, 5) is 30.3. The number of ether oxygens (including phenoxy) is 1. The number of esters is 1. The summed E-state index contributed by atoms with van der Waals surface area (Å²) in [6, 6.07) is 3.30. The molecule has 25 heavy (non-hydrogen) atoms. The molecule has 1 saturated heterocycles. The maximum absolute atomic E-state index is 12.3. The van der Waals surface area contributed by atoms with Crippen LogP contribution in [-0.4, -0.2) is 47.6 Å². The molecular formula is C19H29N3O3. The molecule has 1 N–H and O–H groups in total. The molecule has 0 spiro atoms. The highest BCUT2D eigenvalue weighted by atomic mass is 16.5. The number of nitrogens with one attached hydrogen (secondary N) is 1. The van der Waals surface area contributed by atoms with Gasteiger partial charge in [-0.25, -0.2) is 9.59 Å². The topological polar surface area (TPSA) is 71.5 Å². The van der Waals surface area contributed by atoms with E-state index in [4.69, 9.17) is 4.74 Å². The van der Waals surface area contributed by atoms with E-state index in [2.05, 4.69) is 24.1 Å². The van der Waals surface area contributed by atoms with Gasteiger partial charge in [-0.15, -0.1) is 0 Å². The Bertz CT molecular complexity index is 550. The molecule has 0 aliphatic carbocycles. The number of rotatable bonds is 8. The van der Waals surface area contributed by atoms with E-state index in [-0.39, 0.29) is 12.0 Å². The van der Waals surface area contributed by atoms with Crippen LogP contribution in [0.1, 0.15) is 45.1 Å². The number of amides is 2. The van der Waals surface area contributed by atoms with Gasteiger partial charge in [-0.05, 0) is 43.2 Å². The summed E-state index contributed by atoms with van der Waals surface area (Å²) in [6.45, 7) is 5.81. The first-order chi connectivity index (χ1) is 12.1. The Kier molecular flexibility index (Phi) is 7.70. The van der Waals surface area contributed by atoms with E-state index in [1.54, 1.807) is 11.1 Å². The van der Waals surface area contributed by atoms with Gasteiger partial charge in [0.25, 0.3) is 0 Å². The number of likely N-dealkylation sites (tertiary alicyclic amines) is 1. The van der Waals surface area contributed by atoms with Crippen LogP contribution >= 0.6 is 0 Å². The number of urea groups is 1. The molecular weight excluding hydrogens is 318 g/mol. The van der Waals surface area contributed by atoms with Crippen LogP contribution in [-0.2, 0) is 16.0 Å². The maximum Gasteiger partial charge on any atom is 0.328 e. The summed E-state index contributed by atoms with van der Waals surface area (Å²) in [5, 5.41) is 2.92. The number of carbonyl (C=O) groups excluding carboxylic acids is 2. The molecule has 2 atom stereocenters. The first-order valence-corrected chi connectivity index (χ1v) is 9.21. The zero-order chi connectivity index (χ0) is 18.1. The second-order valence-electron chi connectivity index (χ2n) is 6.68. The lowest BCUT2D eigenvalue weighted by Crippen LogP contribution is -2.47. The summed E-state index contributed by atoms with van der Waals surface area (Å²) in [5.41, 5.74) is 1.13. The van der Waals surface area contributed by atoms with Crippen LogP contribution in [0, 0.1) is 5.92 Å². The minimum Gasteiger partial charge on any atom is -0.464 e. The second-order valence-corrected chi connectivity index (χ2v) is 6.68. The van der Waals surface area contributed by atoms with Crippen molar-refractivity contribution in [2.45, 2.75) is 52.0 Å². The van der Waals surface area contributed by atoms with Crippen LogP contribution in [0.4, 0.5) is 4.79 Å². The van der Waals surface area contributed by atoms with Crippen LogP contribution < -0.4 is 5.32 Å². The number of carbonyl (C=O) groups is 2. The zero-order valence-corrected chi connectivity index (χ0v) is 15.2. The van der Waals surface area contributed by atoms with Gasteiger partial charge in [-0.1, -0.05) is 26.3 Å². The Morgan fingerprint density at radius 3 is 3.04 bits per heavy atom. The standard InChI is InChI=1S/C19H29N3O3/c1-3-15(2)13-21-19(24)22-11-5-9-17(22)18(23)25-12-6-8-16-7-4-10-20-14-16/h4,7,10,14-15,17H,3,5-6,8-9,11-13H2,1-2H3,(H,21,24). The van der Waals surface area contributed by atoms with Crippen molar-refractivity contribution in [2.24, 2.45) is 5.92 Å². The van der Waals surface area contributed by atoms with Crippen LogP contribution in [0.2, 0.25) is 0 Å². The van der Waals surface area contributed by atoms with Gasteiger partial charge in [0, 0.05) is 25.5 Å². The van der Waals surface area contributed by atoms with Gasteiger partial charge in [0.2, 0.25) is 0 Å². The van der Waals surface area contributed by atoms with Gasteiger partial charge in [-0.3, -0.25) is 4.98 Å². The van der Waals surface area contributed by atoms with Crippen molar-refractivity contribution < 1.29 is 14.3 Å². The summed E-state index contributed by atoms with van der Waals surface area (Å²) in [7, 11) is 0. The average molecular weight is 347 g/mol.